The Bertz CT molecular complexity index is 334. The maximum Gasteiger partial charge on any atom is 0.205 e. The van der Waals surface area contributed by atoms with Crippen LogP contribution < -0.4 is 11.2 Å². The number of nitrogens with one attached hydrogen (secondary N) is 1. The summed E-state index contributed by atoms with van der Waals surface area (Å²) in [6.45, 7) is 0. The van der Waals surface area contributed by atoms with Crippen LogP contribution in [0.1, 0.15) is 5.69 Å². The Morgan fingerprint density at radius 3 is 2.90 bits per heavy atom. The zero-order valence-electron chi connectivity index (χ0n) is 5.09. The lowest BCUT2D eigenvalue weighted by molar-refractivity contribution is 1.25. The number of rotatable bonds is 0. The Kier molecular flexibility index (Phi) is 1.42. The third-order valence-corrected chi connectivity index (χ3v) is 1.11. The monoisotopic (exact) mass is 135 g/mol. The number of H-pyrrole nitrogens is 1. The fourth-order valence-corrected chi connectivity index (χ4v) is 0.584. The molecule has 0 atom stereocenters. The Morgan fingerprint density at radius 2 is 2.40 bits per heavy atom. The van der Waals surface area contributed by atoms with E-state index in [9.17, 15) is 4.79 Å². The molecule has 0 bridgehead atoms. The number of nitriles is 1. The second-order valence-corrected chi connectivity index (χ2v) is 1.74. The van der Waals surface area contributed by atoms with Gasteiger partial charge in [0.05, 0.1) is 0 Å². The van der Waals surface area contributed by atoms with Gasteiger partial charge in [-0.1, -0.05) is 0 Å². The van der Waals surface area contributed by atoms with Crippen LogP contribution in [0.4, 0.5) is 5.69 Å². The van der Waals surface area contributed by atoms with E-state index in [1.165, 1.54) is 12.3 Å². The third-order valence-electron chi connectivity index (χ3n) is 1.11. The zero-order valence-corrected chi connectivity index (χ0v) is 5.09. The number of hydrogen-bond donors (Lipinski definition) is 2. The van der Waals surface area contributed by atoms with E-state index in [4.69, 9.17) is 11.0 Å². The largest absolute Gasteiger partial charge is 0.393 e. The van der Waals surface area contributed by atoms with Crippen LogP contribution in [0, 0.1) is 11.3 Å². The van der Waals surface area contributed by atoms with Crippen LogP contribution in [0.25, 0.3) is 0 Å². The van der Waals surface area contributed by atoms with Crippen LogP contribution in [0.2, 0.25) is 0 Å². The predicted molar refractivity (Wildman–Crippen MR) is 36.2 cm³/mol. The zero-order chi connectivity index (χ0) is 7.56. The fraction of sp³-hybridized carbons (Fsp3) is 0. The average molecular weight is 135 g/mol. The van der Waals surface area contributed by atoms with E-state index in [0.29, 0.717) is 0 Å². The maximum absolute atomic E-state index is 10.7. The van der Waals surface area contributed by atoms with E-state index in [2.05, 4.69) is 4.98 Å². The van der Waals surface area contributed by atoms with Crippen LogP contribution in [0.3, 0.4) is 0 Å². The summed E-state index contributed by atoms with van der Waals surface area (Å²) in [5, 5.41) is 8.34. The molecule has 0 aliphatic rings. The van der Waals surface area contributed by atoms with Crippen molar-refractivity contribution in [2.75, 3.05) is 5.73 Å². The number of hydrogen-bond acceptors (Lipinski definition) is 3. The molecular formula is C6H5N3O. The molecule has 4 heteroatoms. The summed E-state index contributed by atoms with van der Waals surface area (Å²) in [6.07, 6.45) is 1.39. The Hall–Kier alpha value is -1.76. The highest BCUT2D eigenvalue weighted by Crippen LogP contribution is 1.96. The van der Waals surface area contributed by atoms with Crippen LogP contribution in [-0.2, 0) is 0 Å². The van der Waals surface area contributed by atoms with Crippen LogP contribution in [0.5, 0.6) is 0 Å². The molecule has 10 heavy (non-hydrogen) atoms. The number of pyridine rings is 1. The minimum atomic E-state index is -0.324. The fourth-order valence-electron chi connectivity index (χ4n) is 0.584. The van der Waals surface area contributed by atoms with E-state index in [-0.39, 0.29) is 16.8 Å². The summed E-state index contributed by atoms with van der Waals surface area (Å²) in [6, 6.07) is 3.03. The van der Waals surface area contributed by atoms with Crippen molar-refractivity contribution in [3.63, 3.8) is 0 Å². The smallest absolute Gasteiger partial charge is 0.205 e. The second-order valence-electron chi connectivity index (χ2n) is 1.74. The molecule has 0 saturated carbocycles. The first-order valence-electron chi connectivity index (χ1n) is 2.63. The number of aromatic nitrogens is 1. The van der Waals surface area contributed by atoms with Gasteiger partial charge in [-0.25, -0.2) is 0 Å². The van der Waals surface area contributed by atoms with Gasteiger partial charge in [-0.05, 0) is 0 Å². The van der Waals surface area contributed by atoms with Crippen molar-refractivity contribution in [1.82, 2.24) is 4.98 Å². The van der Waals surface area contributed by atoms with Crippen LogP contribution in [0.15, 0.2) is 17.1 Å². The van der Waals surface area contributed by atoms with Gasteiger partial charge in [-0.15, -0.1) is 0 Å². The van der Waals surface area contributed by atoms with Gasteiger partial charge in [0, 0.05) is 12.3 Å². The molecule has 0 amide bonds. The van der Waals surface area contributed by atoms with E-state index in [1.807, 2.05) is 0 Å². The molecule has 1 rings (SSSR count). The molecule has 0 aliphatic heterocycles. The Morgan fingerprint density at radius 1 is 1.70 bits per heavy atom. The average Bonchev–Trinajstić information content (AvgIpc) is 1.95. The first kappa shape index (κ1) is 6.36. The van der Waals surface area contributed by atoms with E-state index < -0.39 is 0 Å². The molecule has 0 fully saturated rings. The molecule has 4 nitrogen and oxygen atoms in total. The molecule has 50 valence electrons. The molecule has 1 heterocycles. The summed E-state index contributed by atoms with van der Waals surface area (Å²) < 4.78 is 0. The standard InChI is InChI=1S/C6H5N3O/c7-3-4-6(8)5(10)1-2-9-4/h1-2H,8H2,(H,9,10). The number of anilines is 1. The van der Waals surface area contributed by atoms with Gasteiger partial charge >= 0.3 is 0 Å². The van der Waals surface area contributed by atoms with Crippen molar-refractivity contribution >= 4 is 5.69 Å². The minimum absolute atomic E-state index is 0.0231. The molecule has 0 aliphatic carbocycles. The van der Waals surface area contributed by atoms with Crippen molar-refractivity contribution in [3.8, 4) is 6.07 Å². The van der Waals surface area contributed by atoms with Crippen molar-refractivity contribution in [2.45, 2.75) is 0 Å². The van der Waals surface area contributed by atoms with E-state index in [0.717, 1.165) is 0 Å². The molecule has 0 unspecified atom stereocenters. The lowest BCUT2D eigenvalue weighted by Crippen LogP contribution is -2.09. The van der Waals surface area contributed by atoms with Gasteiger partial charge in [0.2, 0.25) is 5.43 Å². The minimum Gasteiger partial charge on any atom is -0.393 e. The molecule has 0 spiro atoms. The maximum atomic E-state index is 10.7. The van der Waals surface area contributed by atoms with Gasteiger partial charge in [-0.2, -0.15) is 5.26 Å². The van der Waals surface area contributed by atoms with Gasteiger partial charge < -0.3 is 10.7 Å². The number of aromatic amines is 1. The van der Waals surface area contributed by atoms with E-state index >= 15 is 0 Å². The molecule has 0 saturated heterocycles. The highest BCUT2D eigenvalue weighted by atomic mass is 16.1. The highest BCUT2D eigenvalue weighted by Gasteiger charge is 1.98. The van der Waals surface area contributed by atoms with Gasteiger partial charge in [0.25, 0.3) is 0 Å². The molecule has 1 aromatic heterocycles. The highest BCUT2D eigenvalue weighted by molar-refractivity contribution is 5.48. The summed E-state index contributed by atoms with van der Waals surface area (Å²) in [7, 11) is 0. The van der Waals surface area contributed by atoms with Crippen LogP contribution >= 0.6 is 0 Å². The number of nitrogen functional groups attached to an aromatic ring is 1. The van der Waals surface area contributed by atoms with Crippen molar-refractivity contribution < 1.29 is 0 Å². The summed E-state index contributed by atoms with van der Waals surface area (Å²) in [5.74, 6) is 0. The summed E-state index contributed by atoms with van der Waals surface area (Å²) in [5.41, 5.74) is 5.00. The van der Waals surface area contributed by atoms with Gasteiger partial charge in [0.15, 0.2) is 0 Å². The molecule has 0 radical (unpaired) electrons. The summed E-state index contributed by atoms with van der Waals surface area (Å²) in [4.78, 5) is 13.2. The Balaban J connectivity index is 3.46. The first-order chi connectivity index (χ1) is 4.75. The van der Waals surface area contributed by atoms with Crippen LogP contribution in [-0.4, -0.2) is 4.98 Å². The van der Waals surface area contributed by atoms with E-state index in [1.54, 1.807) is 6.07 Å². The normalized spacial score (nSPS) is 8.70. The summed E-state index contributed by atoms with van der Waals surface area (Å²) >= 11 is 0. The SMILES string of the molecule is N#Cc1[nH]ccc(=O)c1N. The van der Waals surface area contributed by atoms with Crippen molar-refractivity contribution in [3.05, 3.63) is 28.2 Å². The lowest BCUT2D eigenvalue weighted by atomic mass is 10.3. The third kappa shape index (κ3) is 0.845. The molecular weight excluding hydrogens is 130 g/mol. The van der Waals surface area contributed by atoms with Gasteiger partial charge in [0.1, 0.15) is 17.5 Å². The topological polar surface area (TPSA) is 82.7 Å². The Labute approximate surface area is 56.9 Å². The molecule has 1 aromatic rings. The molecule has 0 aromatic carbocycles. The lowest BCUT2D eigenvalue weighted by Gasteiger charge is -1.91. The second kappa shape index (κ2) is 2.23. The number of nitrogens with two attached hydrogens (primary N) is 1. The first-order valence-corrected chi connectivity index (χ1v) is 2.63. The van der Waals surface area contributed by atoms with Crippen molar-refractivity contribution in [1.29, 1.82) is 5.26 Å². The predicted octanol–water partition coefficient (Wildman–Crippen LogP) is -0.171. The quantitative estimate of drug-likeness (QED) is 0.518. The van der Waals surface area contributed by atoms with Gasteiger partial charge in [-0.3, -0.25) is 4.79 Å². The molecule has 3 N–H and O–H groups in total. The van der Waals surface area contributed by atoms with Crippen molar-refractivity contribution in [2.24, 2.45) is 0 Å². The number of nitrogens with zero attached hydrogens (tertiary/aromatic N) is 1.